The average Bonchev–Trinajstić information content (AvgIpc) is 3.38. The van der Waals surface area contributed by atoms with Crippen molar-refractivity contribution in [2.45, 2.75) is 25.8 Å². The molecule has 1 aliphatic heterocycles. The van der Waals surface area contributed by atoms with Crippen LogP contribution in [0.4, 0.5) is 4.39 Å². The quantitative estimate of drug-likeness (QED) is 0.392. The molecule has 0 spiro atoms. The number of nitrogens with zero attached hydrogens (tertiary/aromatic N) is 1. The molecule has 28 heavy (non-hydrogen) atoms. The molecule has 6 nitrogen and oxygen atoms in total. The molecule has 4 rings (SSSR count). The first-order chi connectivity index (χ1) is 13.4. The number of thiophene rings is 1. The van der Waals surface area contributed by atoms with Crippen LogP contribution in [0.1, 0.15) is 33.7 Å². The number of carboxylic acids is 1. The minimum Gasteiger partial charge on any atom is -0.480 e. The van der Waals surface area contributed by atoms with Gasteiger partial charge in [0.1, 0.15) is 11.6 Å². The Labute approximate surface area is 165 Å². The van der Waals surface area contributed by atoms with E-state index < -0.39 is 11.8 Å². The fourth-order valence-electron chi connectivity index (χ4n) is 3.26. The van der Waals surface area contributed by atoms with Crippen molar-refractivity contribution in [1.82, 2.24) is 4.90 Å². The number of amidine groups is 1. The van der Waals surface area contributed by atoms with Crippen molar-refractivity contribution in [2.24, 2.45) is 5.73 Å². The SMILES string of the molecule is N=C(N)c1ccc(OC(=C2CC2)c2cc3c(s2)CN(CC(=O)O)CC3)c(F)c1. The molecule has 1 fully saturated rings. The monoisotopic (exact) mass is 401 g/mol. The number of rotatable bonds is 6. The number of nitrogens with two attached hydrogens (primary N) is 1. The van der Waals surface area contributed by atoms with Crippen LogP contribution in [0.5, 0.6) is 5.75 Å². The van der Waals surface area contributed by atoms with Crippen LogP contribution in [-0.2, 0) is 17.8 Å². The van der Waals surface area contributed by atoms with Crippen LogP contribution in [0.25, 0.3) is 5.76 Å². The second-order valence-electron chi connectivity index (χ2n) is 7.01. The van der Waals surface area contributed by atoms with Gasteiger partial charge in [-0.25, -0.2) is 4.39 Å². The normalized spacial score (nSPS) is 15.8. The lowest BCUT2D eigenvalue weighted by Gasteiger charge is -2.24. The molecule has 2 aromatic rings. The summed E-state index contributed by atoms with van der Waals surface area (Å²) in [5, 5.41) is 16.4. The minimum atomic E-state index is -0.825. The van der Waals surface area contributed by atoms with Crippen molar-refractivity contribution >= 4 is 28.9 Å². The molecule has 0 amide bonds. The summed E-state index contributed by atoms with van der Waals surface area (Å²) in [6.07, 6.45) is 2.65. The lowest BCUT2D eigenvalue weighted by molar-refractivity contribution is -0.138. The Morgan fingerprint density at radius 1 is 1.32 bits per heavy atom. The third-order valence-electron chi connectivity index (χ3n) is 4.82. The highest BCUT2D eigenvalue weighted by molar-refractivity contribution is 7.13. The average molecular weight is 401 g/mol. The smallest absolute Gasteiger partial charge is 0.317 e. The Bertz CT molecular complexity index is 993. The summed E-state index contributed by atoms with van der Waals surface area (Å²) in [6, 6.07) is 6.35. The summed E-state index contributed by atoms with van der Waals surface area (Å²) in [5.74, 6) is -0.769. The van der Waals surface area contributed by atoms with Crippen LogP contribution in [0.2, 0.25) is 0 Å². The molecule has 0 bridgehead atoms. The first kappa shape index (κ1) is 18.6. The van der Waals surface area contributed by atoms with E-state index in [0.717, 1.165) is 34.6 Å². The summed E-state index contributed by atoms with van der Waals surface area (Å²) in [4.78, 5) is 15.0. The minimum absolute atomic E-state index is 0.0326. The molecule has 2 aliphatic rings. The van der Waals surface area contributed by atoms with Crippen LogP contribution in [0, 0.1) is 11.2 Å². The van der Waals surface area contributed by atoms with Crippen LogP contribution in [0.3, 0.4) is 0 Å². The van der Waals surface area contributed by atoms with E-state index in [1.807, 2.05) is 4.90 Å². The number of benzene rings is 1. The topological polar surface area (TPSA) is 99.6 Å². The molecule has 146 valence electrons. The fraction of sp³-hybridized carbons (Fsp3) is 0.300. The van der Waals surface area contributed by atoms with E-state index in [9.17, 15) is 9.18 Å². The van der Waals surface area contributed by atoms with Gasteiger partial charge < -0.3 is 15.6 Å². The number of hydrogen-bond acceptors (Lipinski definition) is 5. The van der Waals surface area contributed by atoms with Crippen LogP contribution < -0.4 is 10.5 Å². The zero-order valence-corrected chi connectivity index (χ0v) is 15.9. The van der Waals surface area contributed by atoms with E-state index >= 15 is 0 Å². The van der Waals surface area contributed by atoms with E-state index in [4.69, 9.17) is 21.0 Å². The third-order valence-corrected chi connectivity index (χ3v) is 5.98. The highest BCUT2D eigenvalue weighted by atomic mass is 32.1. The molecule has 1 aliphatic carbocycles. The maximum absolute atomic E-state index is 14.4. The van der Waals surface area contributed by atoms with Crippen LogP contribution in [-0.4, -0.2) is 34.9 Å². The molecule has 0 atom stereocenters. The molecule has 0 unspecified atom stereocenters. The second kappa shape index (κ2) is 7.37. The number of hydrogen-bond donors (Lipinski definition) is 3. The number of fused-ring (bicyclic) bond motifs is 1. The summed E-state index contributed by atoms with van der Waals surface area (Å²) in [5.41, 5.74) is 8.08. The molecule has 1 aromatic carbocycles. The molecule has 1 saturated carbocycles. The van der Waals surface area contributed by atoms with Crippen LogP contribution in [0.15, 0.2) is 29.8 Å². The maximum atomic E-state index is 14.4. The fourth-order valence-corrected chi connectivity index (χ4v) is 4.54. The van der Waals surface area contributed by atoms with E-state index in [-0.39, 0.29) is 18.1 Å². The number of nitrogens with one attached hydrogen (secondary N) is 1. The van der Waals surface area contributed by atoms with Crippen molar-refractivity contribution in [1.29, 1.82) is 5.41 Å². The Kier molecular flexibility index (Phi) is 4.91. The van der Waals surface area contributed by atoms with E-state index in [0.29, 0.717) is 24.4 Å². The van der Waals surface area contributed by atoms with Gasteiger partial charge in [0, 0.05) is 23.5 Å². The molecule has 8 heteroatoms. The number of allylic oxidation sites excluding steroid dienone is 1. The van der Waals surface area contributed by atoms with Gasteiger partial charge >= 0.3 is 5.97 Å². The summed E-state index contributed by atoms with van der Waals surface area (Å²) in [7, 11) is 0. The number of carbonyl (C=O) groups is 1. The molecule has 4 N–H and O–H groups in total. The van der Waals surface area contributed by atoms with Gasteiger partial charge in [0.15, 0.2) is 11.6 Å². The lowest BCUT2D eigenvalue weighted by atomic mass is 10.1. The summed E-state index contributed by atoms with van der Waals surface area (Å²) < 4.78 is 20.4. The molecule has 0 radical (unpaired) electrons. The van der Waals surface area contributed by atoms with Crippen LogP contribution >= 0.6 is 11.3 Å². The molecule has 0 saturated heterocycles. The number of nitrogen functional groups attached to an aromatic ring is 1. The number of ether oxygens (including phenoxy) is 1. The predicted molar refractivity (Wildman–Crippen MR) is 105 cm³/mol. The molecular formula is C20H20FN3O3S. The van der Waals surface area contributed by atoms with Crippen molar-refractivity contribution in [3.05, 3.63) is 56.5 Å². The van der Waals surface area contributed by atoms with E-state index in [1.165, 1.54) is 17.7 Å². The van der Waals surface area contributed by atoms with Gasteiger partial charge in [-0.3, -0.25) is 15.1 Å². The first-order valence-electron chi connectivity index (χ1n) is 9.00. The van der Waals surface area contributed by atoms with Crippen molar-refractivity contribution in [3.8, 4) is 5.75 Å². The van der Waals surface area contributed by atoms with Crippen molar-refractivity contribution in [3.63, 3.8) is 0 Å². The zero-order chi connectivity index (χ0) is 19.8. The number of aliphatic carboxylic acids is 1. The van der Waals surface area contributed by atoms with Gasteiger partial charge in [-0.1, -0.05) is 0 Å². The molecular weight excluding hydrogens is 381 g/mol. The predicted octanol–water partition coefficient (Wildman–Crippen LogP) is 3.20. The Hall–Kier alpha value is -2.71. The molecule has 2 heterocycles. The molecule has 1 aromatic heterocycles. The third kappa shape index (κ3) is 3.93. The van der Waals surface area contributed by atoms with Gasteiger partial charge in [-0.2, -0.15) is 0 Å². The van der Waals surface area contributed by atoms with Gasteiger partial charge in [0.25, 0.3) is 0 Å². The first-order valence-corrected chi connectivity index (χ1v) is 9.82. The second-order valence-corrected chi connectivity index (χ2v) is 8.14. The van der Waals surface area contributed by atoms with Gasteiger partial charge in [-0.05, 0) is 54.7 Å². The van der Waals surface area contributed by atoms with Crippen molar-refractivity contribution < 1.29 is 19.0 Å². The Morgan fingerprint density at radius 3 is 2.75 bits per heavy atom. The van der Waals surface area contributed by atoms with E-state index in [1.54, 1.807) is 17.4 Å². The highest BCUT2D eigenvalue weighted by Crippen LogP contribution is 2.42. The van der Waals surface area contributed by atoms with Gasteiger partial charge in [-0.15, -0.1) is 11.3 Å². The van der Waals surface area contributed by atoms with Gasteiger partial charge in [0.05, 0.1) is 11.4 Å². The number of carboxylic acid groups (broad SMARTS) is 1. The summed E-state index contributed by atoms with van der Waals surface area (Å²) >= 11 is 1.58. The lowest BCUT2D eigenvalue weighted by Crippen LogP contribution is -2.33. The standard InChI is InChI=1S/C20H20FN3O3S/c21-14-7-13(20(22)23)3-4-15(14)27-19(11-1-2-11)16-8-12-5-6-24(10-18(25)26)9-17(12)28-16/h3-4,7-8H,1-2,5-6,9-10H2,(H3,22,23)(H,25,26). The van der Waals surface area contributed by atoms with Crippen molar-refractivity contribution in [2.75, 3.05) is 13.1 Å². The zero-order valence-electron chi connectivity index (χ0n) is 15.1. The summed E-state index contributed by atoms with van der Waals surface area (Å²) in [6.45, 7) is 1.35. The highest BCUT2D eigenvalue weighted by Gasteiger charge is 2.27. The maximum Gasteiger partial charge on any atom is 0.317 e. The largest absolute Gasteiger partial charge is 0.480 e. The number of halogens is 1. The van der Waals surface area contributed by atoms with E-state index in [2.05, 4.69) is 6.07 Å². The Morgan fingerprint density at radius 2 is 2.11 bits per heavy atom. The Balaban J connectivity index is 1.58. The van der Waals surface area contributed by atoms with Gasteiger partial charge in [0.2, 0.25) is 0 Å².